The quantitative estimate of drug-likeness (QED) is 0.842. The van der Waals surface area contributed by atoms with Crippen LogP contribution in [0.2, 0.25) is 5.02 Å². The van der Waals surface area contributed by atoms with Crippen molar-refractivity contribution in [3.8, 4) is 17.2 Å². The van der Waals surface area contributed by atoms with Gasteiger partial charge in [0, 0.05) is 24.6 Å². The van der Waals surface area contributed by atoms with E-state index in [4.69, 9.17) is 25.8 Å². The molecule has 0 saturated carbocycles. The normalized spacial score (nSPS) is 16.2. The second-order valence-electron chi connectivity index (χ2n) is 5.65. The Balaban J connectivity index is 1.76. The lowest BCUT2D eigenvalue weighted by molar-refractivity contribution is 0.252. The summed E-state index contributed by atoms with van der Waals surface area (Å²) in [6.07, 6.45) is 0.944. The van der Waals surface area contributed by atoms with Gasteiger partial charge < -0.3 is 19.5 Å². The number of hydrogen-bond donors (Lipinski definition) is 1. The van der Waals surface area contributed by atoms with E-state index in [1.54, 1.807) is 7.11 Å². The van der Waals surface area contributed by atoms with Gasteiger partial charge in [0.25, 0.3) is 0 Å². The average molecular weight is 348 g/mol. The lowest BCUT2D eigenvalue weighted by Crippen LogP contribution is -2.26. The molecule has 4 nitrogen and oxygen atoms in total. The van der Waals surface area contributed by atoms with Crippen molar-refractivity contribution in [1.29, 1.82) is 0 Å². The molecule has 3 rings (SSSR count). The average Bonchev–Trinajstić information content (AvgIpc) is 2.60. The lowest BCUT2D eigenvalue weighted by atomic mass is 10.0. The minimum absolute atomic E-state index is 0.270. The highest BCUT2D eigenvalue weighted by molar-refractivity contribution is 6.32. The van der Waals surface area contributed by atoms with Crippen molar-refractivity contribution in [2.75, 3.05) is 20.3 Å². The van der Waals surface area contributed by atoms with Crippen LogP contribution in [-0.4, -0.2) is 20.3 Å². The van der Waals surface area contributed by atoms with Crippen LogP contribution in [0.3, 0.4) is 0 Å². The van der Waals surface area contributed by atoms with Crippen molar-refractivity contribution in [3.05, 3.63) is 52.5 Å². The van der Waals surface area contributed by atoms with Crippen molar-refractivity contribution in [2.45, 2.75) is 25.9 Å². The first-order valence-corrected chi connectivity index (χ1v) is 8.55. The molecule has 1 aliphatic rings. The van der Waals surface area contributed by atoms with Crippen LogP contribution in [0.25, 0.3) is 0 Å². The molecule has 0 aromatic heterocycles. The maximum absolute atomic E-state index is 6.32. The zero-order chi connectivity index (χ0) is 16.9. The summed E-state index contributed by atoms with van der Waals surface area (Å²) in [6, 6.07) is 12.3. The summed E-state index contributed by atoms with van der Waals surface area (Å²) in [5.41, 5.74) is 2.27. The third-order valence-electron chi connectivity index (χ3n) is 4.08. The largest absolute Gasteiger partial charge is 0.493 e. The highest BCUT2D eigenvalue weighted by atomic mass is 35.5. The minimum atomic E-state index is 0.270. The number of fused-ring (bicyclic) bond motifs is 1. The minimum Gasteiger partial charge on any atom is -0.493 e. The first-order chi connectivity index (χ1) is 11.7. The molecule has 128 valence electrons. The highest BCUT2D eigenvalue weighted by Crippen LogP contribution is 2.37. The monoisotopic (exact) mass is 347 g/mol. The Kier molecular flexibility index (Phi) is 5.48. The van der Waals surface area contributed by atoms with Gasteiger partial charge in [-0.3, -0.25) is 0 Å². The highest BCUT2D eigenvalue weighted by Gasteiger charge is 2.20. The Morgan fingerprint density at radius 3 is 2.92 bits per heavy atom. The Labute approximate surface area is 147 Å². The second-order valence-corrected chi connectivity index (χ2v) is 6.06. The number of halogens is 1. The molecule has 5 heteroatoms. The predicted octanol–water partition coefficient (Wildman–Crippen LogP) is 4.36. The van der Waals surface area contributed by atoms with Gasteiger partial charge in [-0.2, -0.15) is 0 Å². The Bertz CT molecular complexity index is 705. The van der Waals surface area contributed by atoms with Crippen LogP contribution in [0, 0.1) is 0 Å². The number of nitrogens with one attached hydrogen (secondary N) is 1. The van der Waals surface area contributed by atoms with Crippen LogP contribution in [0.4, 0.5) is 0 Å². The molecule has 0 spiro atoms. The summed E-state index contributed by atoms with van der Waals surface area (Å²) in [4.78, 5) is 0. The third kappa shape index (κ3) is 3.60. The van der Waals surface area contributed by atoms with E-state index in [2.05, 4.69) is 11.4 Å². The molecule has 0 bridgehead atoms. The van der Waals surface area contributed by atoms with Gasteiger partial charge >= 0.3 is 0 Å². The summed E-state index contributed by atoms with van der Waals surface area (Å²) in [6.45, 7) is 3.93. The molecule has 0 aliphatic carbocycles. The summed E-state index contributed by atoms with van der Waals surface area (Å²) < 4.78 is 16.7. The maximum atomic E-state index is 6.32. The van der Waals surface area contributed by atoms with Crippen molar-refractivity contribution < 1.29 is 14.2 Å². The van der Waals surface area contributed by atoms with Gasteiger partial charge in [0.2, 0.25) is 0 Å². The molecular formula is C19H22ClNO3. The van der Waals surface area contributed by atoms with Crippen molar-refractivity contribution in [1.82, 2.24) is 5.32 Å². The Morgan fingerprint density at radius 1 is 1.29 bits per heavy atom. The van der Waals surface area contributed by atoms with Gasteiger partial charge in [0.05, 0.1) is 25.3 Å². The lowest BCUT2D eigenvalue weighted by Gasteiger charge is -2.27. The van der Waals surface area contributed by atoms with Gasteiger partial charge in [-0.15, -0.1) is 0 Å². The topological polar surface area (TPSA) is 39.7 Å². The standard InChI is InChI=1S/C19H22ClNO3/c1-3-23-18-11-13(10-15(20)19(18)22-2)12-21-16-8-9-24-17-7-5-4-6-14(16)17/h4-7,10-11,16,21H,3,8-9,12H2,1-2H3. The van der Waals surface area contributed by atoms with E-state index in [9.17, 15) is 0 Å². The molecule has 0 radical (unpaired) electrons. The Morgan fingerprint density at radius 2 is 2.12 bits per heavy atom. The molecule has 0 fully saturated rings. The SMILES string of the molecule is CCOc1cc(CNC2CCOc3ccccc32)cc(Cl)c1OC. The summed E-state index contributed by atoms with van der Waals surface area (Å²) in [7, 11) is 1.60. The zero-order valence-electron chi connectivity index (χ0n) is 14.0. The van der Waals surface area contributed by atoms with E-state index in [-0.39, 0.29) is 6.04 Å². The molecule has 24 heavy (non-hydrogen) atoms. The number of ether oxygens (including phenoxy) is 3. The number of rotatable bonds is 6. The molecule has 0 amide bonds. The second kappa shape index (κ2) is 7.77. The fourth-order valence-electron chi connectivity index (χ4n) is 2.98. The first kappa shape index (κ1) is 16.9. The van der Waals surface area contributed by atoms with Crippen LogP contribution in [0.15, 0.2) is 36.4 Å². The number of hydrogen-bond acceptors (Lipinski definition) is 4. The molecule has 2 aromatic carbocycles. The van der Waals surface area contributed by atoms with Gasteiger partial charge in [-0.1, -0.05) is 29.8 Å². The van der Waals surface area contributed by atoms with E-state index >= 15 is 0 Å². The Hall–Kier alpha value is -1.91. The maximum Gasteiger partial charge on any atom is 0.179 e. The third-order valence-corrected chi connectivity index (χ3v) is 4.37. The van der Waals surface area contributed by atoms with Crippen LogP contribution < -0.4 is 19.5 Å². The van der Waals surface area contributed by atoms with Gasteiger partial charge in [0.1, 0.15) is 5.75 Å². The van der Waals surface area contributed by atoms with Gasteiger partial charge in [-0.25, -0.2) is 0 Å². The molecule has 1 unspecified atom stereocenters. The van der Waals surface area contributed by atoms with Crippen LogP contribution in [0.1, 0.15) is 30.5 Å². The van der Waals surface area contributed by atoms with E-state index in [1.807, 2.05) is 37.3 Å². The van der Waals surface area contributed by atoms with E-state index < -0.39 is 0 Å². The van der Waals surface area contributed by atoms with Crippen LogP contribution in [-0.2, 0) is 6.54 Å². The van der Waals surface area contributed by atoms with Crippen molar-refractivity contribution >= 4 is 11.6 Å². The van der Waals surface area contributed by atoms with Crippen molar-refractivity contribution in [3.63, 3.8) is 0 Å². The van der Waals surface area contributed by atoms with Crippen LogP contribution in [0.5, 0.6) is 17.2 Å². The summed E-state index contributed by atoms with van der Waals surface area (Å²) in [5, 5.41) is 4.16. The predicted molar refractivity (Wildman–Crippen MR) is 95.3 cm³/mol. The molecule has 2 aromatic rings. The summed E-state index contributed by atoms with van der Waals surface area (Å²) in [5.74, 6) is 2.22. The number of benzene rings is 2. The number of methoxy groups -OCH3 is 1. The summed E-state index contributed by atoms with van der Waals surface area (Å²) >= 11 is 6.32. The fraction of sp³-hybridized carbons (Fsp3) is 0.368. The van der Waals surface area contributed by atoms with E-state index in [0.717, 1.165) is 24.3 Å². The van der Waals surface area contributed by atoms with Gasteiger partial charge in [0.15, 0.2) is 11.5 Å². The molecule has 0 saturated heterocycles. The molecule has 1 aliphatic heterocycles. The molecule has 1 N–H and O–H groups in total. The molecule has 1 heterocycles. The first-order valence-electron chi connectivity index (χ1n) is 8.17. The smallest absolute Gasteiger partial charge is 0.179 e. The number of para-hydroxylation sites is 1. The van der Waals surface area contributed by atoms with Gasteiger partial charge in [-0.05, 0) is 30.7 Å². The molecule has 1 atom stereocenters. The molecular weight excluding hydrogens is 326 g/mol. The van der Waals surface area contributed by atoms with E-state index in [1.165, 1.54) is 5.56 Å². The zero-order valence-corrected chi connectivity index (χ0v) is 14.7. The van der Waals surface area contributed by atoms with Crippen molar-refractivity contribution in [2.24, 2.45) is 0 Å². The fourth-order valence-corrected chi connectivity index (χ4v) is 3.29. The van der Waals surface area contributed by atoms with E-state index in [0.29, 0.717) is 29.7 Å². The van der Waals surface area contributed by atoms with Crippen LogP contribution >= 0.6 is 11.6 Å².